The highest BCUT2D eigenvalue weighted by molar-refractivity contribution is 7.89. The molecule has 7 heteroatoms. The summed E-state index contributed by atoms with van der Waals surface area (Å²) in [5, 5.41) is 1.18. The van der Waals surface area contributed by atoms with Crippen LogP contribution in [0.2, 0.25) is 25.7 Å². The molecule has 0 radical (unpaired) electrons. The van der Waals surface area contributed by atoms with E-state index in [0.717, 1.165) is 41.3 Å². The lowest BCUT2D eigenvalue weighted by Gasteiger charge is -2.23. The van der Waals surface area contributed by atoms with Crippen LogP contribution in [0.1, 0.15) is 27.9 Å². The monoisotopic (exact) mass is 546 g/mol. The van der Waals surface area contributed by atoms with Gasteiger partial charge in [-0.2, -0.15) is 4.31 Å². The number of rotatable bonds is 7. The minimum atomic E-state index is -3.65. The molecule has 0 N–H and O–H groups in total. The number of nitrogens with zero attached hydrogens (tertiary/aromatic N) is 2. The summed E-state index contributed by atoms with van der Waals surface area (Å²) in [6.07, 6.45) is 1.40. The Bertz CT molecular complexity index is 1540. The minimum absolute atomic E-state index is 0.346. The summed E-state index contributed by atoms with van der Waals surface area (Å²) in [7, 11) is -4.84. The van der Waals surface area contributed by atoms with Gasteiger partial charge in [-0.15, -0.1) is 0 Å². The molecule has 0 atom stereocenters. The Hall–Kier alpha value is -2.71. The summed E-state index contributed by atoms with van der Waals surface area (Å²) >= 11 is 0. The van der Waals surface area contributed by atoms with Crippen molar-refractivity contribution in [2.75, 3.05) is 13.2 Å². The largest absolute Gasteiger partial charge is 0.361 e. The Kier molecular flexibility index (Phi) is 7.64. The molecule has 38 heavy (non-hydrogen) atoms. The standard InChI is InChI=1S/C31H38N2O3SSi/c1-24-13-15-27(16-14-24)37(34,35)32-18-17-29-28-11-7-8-12-30(28)33(23-36-19-20-38(2,3)4)31(29)21-25-9-5-6-10-26(25)22-32/h5-16H,17-23H2,1-4H3. The number of aromatic nitrogens is 1. The summed E-state index contributed by atoms with van der Waals surface area (Å²) < 4.78 is 37.9. The van der Waals surface area contributed by atoms with Crippen molar-refractivity contribution in [1.82, 2.24) is 8.87 Å². The van der Waals surface area contributed by atoms with Gasteiger partial charge in [0.1, 0.15) is 6.73 Å². The molecule has 2 heterocycles. The van der Waals surface area contributed by atoms with E-state index in [9.17, 15) is 8.42 Å². The van der Waals surface area contributed by atoms with E-state index in [4.69, 9.17) is 4.74 Å². The molecule has 1 aromatic heterocycles. The number of para-hydroxylation sites is 1. The second-order valence-electron chi connectivity index (χ2n) is 11.6. The van der Waals surface area contributed by atoms with Gasteiger partial charge >= 0.3 is 0 Å². The molecule has 0 bridgehead atoms. The molecule has 200 valence electrons. The summed E-state index contributed by atoms with van der Waals surface area (Å²) in [5.41, 5.74) is 6.84. The van der Waals surface area contributed by atoms with E-state index in [-0.39, 0.29) is 0 Å². The second-order valence-corrected chi connectivity index (χ2v) is 19.1. The first kappa shape index (κ1) is 26.9. The van der Waals surface area contributed by atoms with E-state index >= 15 is 0 Å². The number of ether oxygens (including phenoxy) is 1. The molecule has 5 rings (SSSR count). The maximum atomic E-state index is 13.8. The molecule has 0 amide bonds. The first-order valence-corrected chi connectivity index (χ1v) is 18.6. The second kappa shape index (κ2) is 10.8. The van der Waals surface area contributed by atoms with Crippen LogP contribution in [-0.4, -0.2) is 38.5 Å². The van der Waals surface area contributed by atoms with Crippen LogP contribution in [0.25, 0.3) is 10.9 Å². The van der Waals surface area contributed by atoms with Gasteiger partial charge in [0.2, 0.25) is 10.0 Å². The molecule has 5 nitrogen and oxygen atoms in total. The zero-order chi connectivity index (χ0) is 26.9. The molecule has 0 aliphatic carbocycles. The number of aryl methyl sites for hydroxylation is 1. The van der Waals surface area contributed by atoms with Crippen LogP contribution in [0.15, 0.2) is 77.7 Å². The summed E-state index contributed by atoms with van der Waals surface area (Å²) in [6.45, 7) is 11.1. The quantitative estimate of drug-likeness (QED) is 0.194. The van der Waals surface area contributed by atoms with Crippen molar-refractivity contribution in [3.8, 4) is 0 Å². The van der Waals surface area contributed by atoms with Crippen LogP contribution < -0.4 is 0 Å². The highest BCUT2D eigenvalue weighted by atomic mass is 32.2. The molecule has 1 aliphatic rings. The molecule has 4 aromatic rings. The number of sulfonamides is 1. The van der Waals surface area contributed by atoms with Gasteiger partial charge in [-0.1, -0.05) is 79.8 Å². The predicted octanol–water partition coefficient (Wildman–Crippen LogP) is 6.60. The van der Waals surface area contributed by atoms with Crippen molar-refractivity contribution in [2.24, 2.45) is 0 Å². The molecular formula is C31H38N2O3SSi. The zero-order valence-electron chi connectivity index (χ0n) is 22.9. The van der Waals surface area contributed by atoms with Crippen LogP contribution in [-0.2, 0) is 40.9 Å². The maximum Gasteiger partial charge on any atom is 0.243 e. The first-order valence-electron chi connectivity index (χ1n) is 13.4. The zero-order valence-corrected chi connectivity index (χ0v) is 24.7. The molecular weight excluding hydrogens is 509 g/mol. The predicted molar refractivity (Wildman–Crippen MR) is 158 cm³/mol. The molecule has 0 fully saturated rings. The topological polar surface area (TPSA) is 51.5 Å². The molecule has 0 saturated heterocycles. The van der Waals surface area contributed by atoms with Crippen LogP contribution in [0.3, 0.4) is 0 Å². The van der Waals surface area contributed by atoms with Crippen molar-refractivity contribution >= 4 is 29.0 Å². The van der Waals surface area contributed by atoms with E-state index in [1.165, 1.54) is 16.6 Å². The number of benzene rings is 3. The SMILES string of the molecule is Cc1ccc(S(=O)(=O)N2CCc3c(n(COCC[Si](C)(C)C)c4ccccc34)Cc3ccccc3C2)cc1. The third-order valence-corrected chi connectivity index (χ3v) is 11.1. The van der Waals surface area contributed by atoms with E-state index in [0.29, 0.717) is 31.1 Å². The van der Waals surface area contributed by atoms with Gasteiger partial charge in [-0.3, -0.25) is 0 Å². The molecule has 0 spiro atoms. The number of hydrogen-bond acceptors (Lipinski definition) is 3. The van der Waals surface area contributed by atoms with Gasteiger partial charge in [0.25, 0.3) is 0 Å². The Morgan fingerprint density at radius 2 is 1.58 bits per heavy atom. The van der Waals surface area contributed by atoms with Crippen molar-refractivity contribution in [3.05, 3.63) is 101 Å². The van der Waals surface area contributed by atoms with E-state index in [1.54, 1.807) is 16.4 Å². The van der Waals surface area contributed by atoms with Crippen molar-refractivity contribution < 1.29 is 13.2 Å². The third-order valence-electron chi connectivity index (χ3n) is 7.50. The fraction of sp³-hybridized carbons (Fsp3) is 0.355. The Morgan fingerprint density at radius 1 is 0.895 bits per heavy atom. The number of hydrogen-bond donors (Lipinski definition) is 0. The van der Waals surface area contributed by atoms with Gasteiger partial charge in [0, 0.05) is 45.3 Å². The van der Waals surface area contributed by atoms with Crippen LogP contribution in [0, 0.1) is 6.92 Å². The normalized spacial score (nSPS) is 14.9. The lowest BCUT2D eigenvalue weighted by Crippen LogP contribution is -2.32. The molecule has 0 saturated carbocycles. The highest BCUT2D eigenvalue weighted by Crippen LogP contribution is 2.32. The van der Waals surface area contributed by atoms with E-state index in [1.807, 2.05) is 31.2 Å². The summed E-state index contributed by atoms with van der Waals surface area (Å²) in [5.74, 6) is 0. The Morgan fingerprint density at radius 3 is 2.32 bits per heavy atom. The lowest BCUT2D eigenvalue weighted by molar-refractivity contribution is 0.0885. The molecule has 3 aromatic carbocycles. The van der Waals surface area contributed by atoms with Gasteiger partial charge in [0.15, 0.2) is 0 Å². The average Bonchev–Trinajstić information content (AvgIpc) is 3.20. The highest BCUT2D eigenvalue weighted by Gasteiger charge is 2.28. The lowest BCUT2D eigenvalue weighted by atomic mass is 10.00. The van der Waals surface area contributed by atoms with Gasteiger partial charge < -0.3 is 9.30 Å². The Labute approximate surface area is 228 Å². The smallest absolute Gasteiger partial charge is 0.243 e. The minimum Gasteiger partial charge on any atom is -0.361 e. The van der Waals surface area contributed by atoms with Gasteiger partial charge in [-0.25, -0.2) is 8.42 Å². The van der Waals surface area contributed by atoms with E-state index < -0.39 is 18.1 Å². The third kappa shape index (κ3) is 5.66. The van der Waals surface area contributed by atoms with Crippen LogP contribution in [0.5, 0.6) is 0 Å². The van der Waals surface area contributed by atoms with Crippen LogP contribution >= 0.6 is 0 Å². The number of fused-ring (bicyclic) bond motifs is 4. The summed E-state index contributed by atoms with van der Waals surface area (Å²) in [6, 6.07) is 25.0. The van der Waals surface area contributed by atoms with Crippen LogP contribution in [0.4, 0.5) is 0 Å². The maximum absolute atomic E-state index is 13.8. The Balaban J connectivity index is 1.56. The van der Waals surface area contributed by atoms with E-state index in [2.05, 4.69) is 60.6 Å². The van der Waals surface area contributed by atoms with Crippen molar-refractivity contribution in [3.63, 3.8) is 0 Å². The van der Waals surface area contributed by atoms with Crippen molar-refractivity contribution in [1.29, 1.82) is 0 Å². The van der Waals surface area contributed by atoms with Gasteiger partial charge in [0.05, 0.1) is 10.4 Å². The fourth-order valence-electron chi connectivity index (χ4n) is 5.23. The first-order chi connectivity index (χ1) is 18.1. The molecule has 1 aliphatic heterocycles. The fourth-order valence-corrected chi connectivity index (χ4v) is 7.40. The van der Waals surface area contributed by atoms with Gasteiger partial charge in [-0.05, 0) is 54.3 Å². The average molecular weight is 547 g/mol. The van der Waals surface area contributed by atoms with Crippen molar-refractivity contribution in [2.45, 2.75) is 63.6 Å². The molecule has 0 unspecified atom stereocenters. The summed E-state index contributed by atoms with van der Waals surface area (Å²) in [4.78, 5) is 0.346.